The van der Waals surface area contributed by atoms with Gasteiger partial charge in [0.25, 0.3) is 5.69 Å². The number of ether oxygens (including phenoxy) is 2. The van der Waals surface area contributed by atoms with Crippen molar-refractivity contribution in [3.8, 4) is 11.5 Å². The smallest absolute Gasteiger partial charge is 0.269 e. The van der Waals surface area contributed by atoms with Gasteiger partial charge in [-0.15, -0.1) is 0 Å². The molecule has 0 fully saturated rings. The lowest BCUT2D eigenvalue weighted by atomic mass is 10.2. The summed E-state index contributed by atoms with van der Waals surface area (Å²) in [6.07, 6.45) is 0. The molecule has 0 unspecified atom stereocenters. The number of nitro groups is 1. The number of rotatable bonds is 9. The molecular weight excluding hydrogens is 563 g/mol. The van der Waals surface area contributed by atoms with Gasteiger partial charge in [-0.1, -0.05) is 28.1 Å². The molecule has 0 saturated carbocycles. The lowest BCUT2D eigenvalue weighted by molar-refractivity contribution is -0.384. The van der Waals surface area contributed by atoms with Gasteiger partial charge in [0.1, 0.15) is 6.61 Å². The highest BCUT2D eigenvalue weighted by Crippen LogP contribution is 2.35. The first kappa shape index (κ1) is 22.4. The number of nitrogens with zero attached hydrogens (tertiary/aromatic N) is 1. The van der Waals surface area contributed by atoms with E-state index >= 15 is 0 Å². The van der Waals surface area contributed by atoms with E-state index in [1.807, 2.05) is 43.3 Å². The van der Waals surface area contributed by atoms with Crippen LogP contribution in [-0.4, -0.2) is 11.5 Å². The van der Waals surface area contributed by atoms with E-state index in [1.165, 1.54) is 12.1 Å². The molecule has 0 amide bonds. The van der Waals surface area contributed by atoms with Crippen molar-refractivity contribution in [3.05, 3.63) is 89.9 Å². The first-order valence-corrected chi connectivity index (χ1v) is 11.1. The van der Waals surface area contributed by atoms with E-state index in [2.05, 4.69) is 43.8 Å². The maximum atomic E-state index is 10.8. The van der Waals surface area contributed by atoms with Gasteiger partial charge in [0.15, 0.2) is 11.5 Å². The van der Waals surface area contributed by atoms with Crippen molar-refractivity contribution in [2.45, 2.75) is 20.1 Å². The van der Waals surface area contributed by atoms with E-state index in [4.69, 9.17) is 9.47 Å². The van der Waals surface area contributed by atoms with Crippen LogP contribution in [0.2, 0.25) is 0 Å². The Balaban J connectivity index is 1.71. The maximum Gasteiger partial charge on any atom is 0.269 e. The molecule has 3 aromatic rings. The van der Waals surface area contributed by atoms with Crippen molar-refractivity contribution in [2.75, 3.05) is 11.9 Å². The van der Waals surface area contributed by atoms with Crippen LogP contribution in [-0.2, 0) is 13.2 Å². The summed E-state index contributed by atoms with van der Waals surface area (Å²) in [4.78, 5) is 10.4. The van der Waals surface area contributed by atoms with E-state index < -0.39 is 4.92 Å². The quantitative estimate of drug-likeness (QED) is 0.176. The molecule has 8 heteroatoms. The van der Waals surface area contributed by atoms with E-state index in [-0.39, 0.29) is 5.69 Å². The molecule has 0 aromatic heterocycles. The normalized spacial score (nSPS) is 10.5. The van der Waals surface area contributed by atoms with Crippen LogP contribution in [0.5, 0.6) is 11.5 Å². The molecule has 0 atom stereocenters. The van der Waals surface area contributed by atoms with E-state index in [0.717, 1.165) is 30.6 Å². The topological polar surface area (TPSA) is 73.6 Å². The molecule has 0 spiro atoms. The molecule has 0 aliphatic carbocycles. The van der Waals surface area contributed by atoms with Crippen LogP contribution < -0.4 is 14.8 Å². The van der Waals surface area contributed by atoms with Gasteiger partial charge < -0.3 is 14.8 Å². The number of hydrogen-bond donors (Lipinski definition) is 1. The van der Waals surface area contributed by atoms with E-state index in [0.29, 0.717) is 25.5 Å². The van der Waals surface area contributed by atoms with Crippen LogP contribution in [0.4, 0.5) is 11.4 Å². The lowest BCUT2D eigenvalue weighted by Crippen LogP contribution is -2.05. The van der Waals surface area contributed by atoms with Crippen LogP contribution in [0.25, 0.3) is 0 Å². The van der Waals surface area contributed by atoms with Gasteiger partial charge in [-0.3, -0.25) is 10.1 Å². The largest absolute Gasteiger partial charge is 0.490 e. The summed E-state index contributed by atoms with van der Waals surface area (Å²) < 4.78 is 13.9. The lowest BCUT2D eigenvalue weighted by Gasteiger charge is -2.16. The number of nitrogens with one attached hydrogen (secondary N) is 1. The van der Waals surface area contributed by atoms with Crippen molar-refractivity contribution < 1.29 is 14.4 Å². The second-order valence-electron chi connectivity index (χ2n) is 6.41. The minimum absolute atomic E-state index is 0.0704. The number of non-ortho nitro benzene ring substituents is 1. The van der Waals surface area contributed by atoms with Crippen molar-refractivity contribution >= 4 is 49.9 Å². The Morgan fingerprint density at radius 3 is 2.37 bits per heavy atom. The molecule has 156 valence electrons. The zero-order valence-corrected chi connectivity index (χ0v) is 20.0. The third kappa shape index (κ3) is 6.09. The first-order chi connectivity index (χ1) is 14.5. The average molecular weight is 583 g/mol. The fourth-order valence-electron chi connectivity index (χ4n) is 2.77. The van der Waals surface area contributed by atoms with E-state index in [1.54, 1.807) is 12.1 Å². The van der Waals surface area contributed by atoms with Crippen LogP contribution in [0.15, 0.2) is 65.1 Å². The molecule has 0 aliphatic heterocycles. The highest BCUT2D eigenvalue weighted by Gasteiger charge is 2.13. The van der Waals surface area contributed by atoms with Crippen molar-refractivity contribution in [2.24, 2.45) is 0 Å². The highest BCUT2D eigenvalue weighted by molar-refractivity contribution is 14.1. The van der Waals surface area contributed by atoms with E-state index in [9.17, 15) is 10.1 Å². The Morgan fingerprint density at radius 1 is 1.03 bits per heavy atom. The Kier molecular flexibility index (Phi) is 7.92. The van der Waals surface area contributed by atoms with Gasteiger partial charge in [-0.25, -0.2) is 0 Å². The second-order valence-corrected chi connectivity index (χ2v) is 8.49. The maximum absolute atomic E-state index is 10.8. The summed E-state index contributed by atoms with van der Waals surface area (Å²) in [5.74, 6) is 1.42. The molecule has 3 rings (SSSR count). The molecule has 0 heterocycles. The summed E-state index contributed by atoms with van der Waals surface area (Å²) in [5, 5.41) is 14.1. The molecule has 0 aliphatic rings. The van der Waals surface area contributed by atoms with Crippen LogP contribution in [0, 0.1) is 13.7 Å². The number of benzene rings is 3. The number of anilines is 1. The fourth-order valence-corrected chi connectivity index (χ4v) is 3.85. The summed E-state index contributed by atoms with van der Waals surface area (Å²) in [6.45, 7) is 3.47. The number of hydrogen-bond acceptors (Lipinski definition) is 5. The van der Waals surface area contributed by atoms with Gasteiger partial charge >= 0.3 is 0 Å². The molecule has 6 nitrogen and oxygen atoms in total. The molecule has 1 N–H and O–H groups in total. The minimum atomic E-state index is -0.409. The van der Waals surface area contributed by atoms with Gasteiger partial charge in [0, 0.05) is 28.8 Å². The van der Waals surface area contributed by atoms with Crippen LogP contribution in [0.3, 0.4) is 0 Å². The predicted octanol–water partition coefficient (Wildman–Crippen LogP) is 6.55. The van der Waals surface area contributed by atoms with Gasteiger partial charge in [-0.05, 0) is 77.0 Å². The zero-order chi connectivity index (χ0) is 21.5. The molecule has 0 radical (unpaired) electrons. The summed E-state index contributed by atoms with van der Waals surface area (Å²) in [7, 11) is 0. The Bertz CT molecular complexity index is 1010. The summed E-state index contributed by atoms with van der Waals surface area (Å²) in [5.41, 5.74) is 2.97. The minimum Gasteiger partial charge on any atom is -0.490 e. The molecule has 30 heavy (non-hydrogen) atoms. The van der Waals surface area contributed by atoms with Crippen LogP contribution >= 0.6 is 38.5 Å². The SMILES string of the molecule is CCOc1cc(CNc2ccc([N+](=O)[O-])cc2)cc(I)c1OCc1ccc(Br)cc1. The highest BCUT2D eigenvalue weighted by atomic mass is 127. The van der Waals surface area contributed by atoms with Crippen molar-refractivity contribution in [1.82, 2.24) is 0 Å². The van der Waals surface area contributed by atoms with Gasteiger partial charge in [-0.2, -0.15) is 0 Å². The first-order valence-electron chi connectivity index (χ1n) is 9.27. The number of nitro benzene ring substituents is 1. The van der Waals surface area contributed by atoms with Crippen molar-refractivity contribution in [3.63, 3.8) is 0 Å². The third-order valence-electron chi connectivity index (χ3n) is 4.24. The average Bonchev–Trinajstić information content (AvgIpc) is 2.73. The monoisotopic (exact) mass is 582 g/mol. The number of halogens is 2. The third-order valence-corrected chi connectivity index (χ3v) is 5.57. The molecule has 3 aromatic carbocycles. The predicted molar refractivity (Wildman–Crippen MR) is 129 cm³/mol. The zero-order valence-electron chi connectivity index (χ0n) is 16.2. The molecular formula is C22H20BrIN2O4. The van der Waals surface area contributed by atoms with Gasteiger partial charge in [0.05, 0.1) is 15.1 Å². The standard InChI is InChI=1S/C22H20BrIN2O4/c1-2-29-21-12-16(13-25-18-7-9-19(10-8-18)26(27)28)11-20(24)22(21)30-14-15-3-5-17(23)6-4-15/h3-12,25H,2,13-14H2,1H3. The fraction of sp³-hybridized carbons (Fsp3) is 0.182. The second kappa shape index (κ2) is 10.6. The van der Waals surface area contributed by atoms with Gasteiger partial charge in [0.2, 0.25) is 0 Å². The Morgan fingerprint density at radius 2 is 1.73 bits per heavy atom. The molecule has 0 bridgehead atoms. The van der Waals surface area contributed by atoms with Crippen LogP contribution in [0.1, 0.15) is 18.1 Å². The Labute approximate surface area is 197 Å². The summed E-state index contributed by atoms with van der Waals surface area (Å²) >= 11 is 5.69. The summed E-state index contributed by atoms with van der Waals surface area (Å²) in [6, 6.07) is 18.4. The van der Waals surface area contributed by atoms with Crippen molar-refractivity contribution in [1.29, 1.82) is 0 Å². The Hall–Kier alpha value is -2.33. The molecule has 0 saturated heterocycles.